The number of methoxy groups -OCH3 is 2. The highest BCUT2D eigenvalue weighted by Crippen LogP contribution is 2.29. The predicted molar refractivity (Wildman–Crippen MR) is 109 cm³/mol. The van der Waals surface area contributed by atoms with Crippen molar-refractivity contribution in [2.45, 2.75) is 26.4 Å². The summed E-state index contributed by atoms with van der Waals surface area (Å²) < 4.78 is 26.5. The third-order valence-corrected chi connectivity index (χ3v) is 4.32. The van der Waals surface area contributed by atoms with Crippen LogP contribution in [0.3, 0.4) is 0 Å². The normalized spacial score (nSPS) is 10.5. The molecule has 0 spiro atoms. The minimum Gasteiger partial charge on any atom is -0.493 e. The number of esters is 1. The summed E-state index contributed by atoms with van der Waals surface area (Å²) >= 11 is 0. The van der Waals surface area contributed by atoms with Crippen LogP contribution in [-0.2, 0) is 22.6 Å². The molecule has 0 saturated carbocycles. The number of nitrogens with zero attached hydrogens (tertiary/aromatic N) is 2. The SMILES string of the molecule is CCOc1ccccc1-c1noc(COC(=O)CCc2ccc(OC)c(OC)c2)n1. The lowest BCUT2D eigenvalue weighted by atomic mass is 10.1. The van der Waals surface area contributed by atoms with Gasteiger partial charge < -0.3 is 23.5 Å². The Balaban J connectivity index is 1.54. The Morgan fingerprint density at radius 1 is 1.03 bits per heavy atom. The molecule has 8 nitrogen and oxygen atoms in total. The average Bonchev–Trinajstić information content (AvgIpc) is 3.25. The summed E-state index contributed by atoms with van der Waals surface area (Å²) in [5.41, 5.74) is 1.66. The Bertz CT molecular complexity index is 985. The summed E-state index contributed by atoms with van der Waals surface area (Å²) in [6.45, 7) is 2.34. The summed E-state index contributed by atoms with van der Waals surface area (Å²) in [5.74, 6) is 2.17. The van der Waals surface area contributed by atoms with Crippen LogP contribution in [0.25, 0.3) is 11.4 Å². The summed E-state index contributed by atoms with van der Waals surface area (Å²) in [7, 11) is 3.15. The van der Waals surface area contributed by atoms with Gasteiger partial charge in [-0.1, -0.05) is 23.4 Å². The molecule has 0 radical (unpaired) electrons. The van der Waals surface area contributed by atoms with Gasteiger partial charge in [0.05, 0.1) is 26.4 Å². The average molecular weight is 412 g/mol. The zero-order valence-corrected chi connectivity index (χ0v) is 17.2. The Kier molecular flexibility index (Phi) is 7.26. The molecule has 1 heterocycles. The quantitative estimate of drug-likeness (QED) is 0.464. The summed E-state index contributed by atoms with van der Waals surface area (Å²) in [5, 5.41) is 3.95. The van der Waals surface area contributed by atoms with Gasteiger partial charge >= 0.3 is 5.97 Å². The van der Waals surface area contributed by atoms with E-state index in [2.05, 4.69) is 10.1 Å². The van der Waals surface area contributed by atoms with Crippen molar-refractivity contribution in [1.29, 1.82) is 0 Å². The van der Waals surface area contributed by atoms with E-state index in [-0.39, 0.29) is 24.9 Å². The van der Waals surface area contributed by atoms with Gasteiger partial charge in [-0.15, -0.1) is 0 Å². The van der Waals surface area contributed by atoms with Crippen LogP contribution in [0, 0.1) is 0 Å². The number of carbonyl (C=O) groups is 1. The van der Waals surface area contributed by atoms with Crippen LogP contribution < -0.4 is 14.2 Å². The van der Waals surface area contributed by atoms with E-state index in [0.717, 1.165) is 5.56 Å². The molecular weight excluding hydrogens is 388 g/mol. The van der Waals surface area contributed by atoms with Gasteiger partial charge in [0, 0.05) is 6.42 Å². The molecule has 0 bridgehead atoms. The maximum atomic E-state index is 12.1. The topological polar surface area (TPSA) is 92.9 Å². The van der Waals surface area contributed by atoms with E-state index >= 15 is 0 Å². The molecule has 0 unspecified atom stereocenters. The van der Waals surface area contributed by atoms with Crippen molar-refractivity contribution in [1.82, 2.24) is 10.1 Å². The first-order valence-corrected chi connectivity index (χ1v) is 9.56. The molecule has 158 valence electrons. The van der Waals surface area contributed by atoms with E-state index in [4.69, 9.17) is 23.5 Å². The minimum absolute atomic E-state index is 0.0887. The predicted octanol–water partition coefficient (Wildman–Crippen LogP) is 3.83. The molecule has 3 rings (SSSR count). The molecule has 0 saturated heterocycles. The largest absolute Gasteiger partial charge is 0.493 e. The zero-order valence-electron chi connectivity index (χ0n) is 17.2. The second-order valence-electron chi connectivity index (χ2n) is 6.29. The van der Waals surface area contributed by atoms with E-state index in [0.29, 0.717) is 41.7 Å². The Labute approximate surface area is 174 Å². The lowest BCUT2D eigenvalue weighted by molar-refractivity contribution is -0.145. The first kappa shape index (κ1) is 21.2. The molecule has 0 amide bonds. The van der Waals surface area contributed by atoms with Crippen molar-refractivity contribution < 1.29 is 28.3 Å². The molecule has 30 heavy (non-hydrogen) atoms. The fraction of sp³-hybridized carbons (Fsp3) is 0.318. The maximum Gasteiger partial charge on any atom is 0.306 e. The molecule has 2 aromatic carbocycles. The van der Waals surface area contributed by atoms with Gasteiger partial charge in [-0.2, -0.15) is 4.98 Å². The molecule has 0 N–H and O–H groups in total. The third-order valence-electron chi connectivity index (χ3n) is 4.32. The fourth-order valence-corrected chi connectivity index (χ4v) is 2.85. The number of carbonyl (C=O) groups excluding carboxylic acids is 1. The third kappa shape index (κ3) is 5.28. The van der Waals surface area contributed by atoms with E-state index in [9.17, 15) is 4.79 Å². The number of para-hydroxylation sites is 1. The molecule has 0 aliphatic rings. The van der Waals surface area contributed by atoms with Crippen molar-refractivity contribution in [3.8, 4) is 28.6 Å². The van der Waals surface area contributed by atoms with E-state index in [1.54, 1.807) is 20.3 Å². The maximum absolute atomic E-state index is 12.1. The molecule has 0 aliphatic heterocycles. The number of aryl methyl sites for hydroxylation is 1. The van der Waals surface area contributed by atoms with Crippen LogP contribution in [0.4, 0.5) is 0 Å². The van der Waals surface area contributed by atoms with Gasteiger partial charge in [-0.05, 0) is 43.2 Å². The summed E-state index contributed by atoms with van der Waals surface area (Å²) in [6.07, 6.45) is 0.722. The fourth-order valence-electron chi connectivity index (χ4n) is 2.85. The zero-order chi connectivity index (χ0) is 21.3. The molecule has 3 aromatic rings. The molecular formula is C22H24N2O6. The highest BCUT2D eigenvalue weighted by Gasteiger charge is 2.15. The van der Waals surface area contributed by atoms with Crippen LogP contribution in [0.2, 0.25) is 0 Å². The molecule has 0 aliphatic carbocycles. The molecule has 0 atom stereocenters. The first-order valence-electron chi connectivity index (χ1n) is 9.56. The van der Waals surface area contributed by atoms with Crippen molar-refractivity contribution >= 4 is 5.97 Å². The van der Waals surface area contributed by atoms with Gasteiger partial charge in [0.1, 0.15) is 5.75 Å². The molecule has 0 fully saturated rings. The monoisotopic (exact) mass is 412 g/mol. The van der Waals surface area contributed by atoms with Gasteiger partial charge in [0.25, 0.3) is 5.89 Å². The number of aromatic nitrogens is 2. The summed E-state index contributed by atoms with van der Waals surface area (Å²) in [6, 6.07) is 12.9. The molecule has 8 heteroatoms. The number of benzene rings is 2. The minimum atomic E-state index is -0.362. The number of hydrogen-bond donors (Lipinski definition) is 0. The Morgan fingerprint density at radius 3 is 2.60 bits per heavy atom. The number of ether oxygens (including phenoxy) is 4. The van der Waals surface area contributed by atoms with Gasteiger partial charge in [0.2, 0.25) is 5.82 Å². The van der Waals surface area contributed by atoms with Crippen molar-refractivity contribution in [2.24, 2.45) is 0 Å². The Morgan fingerprint density at radius 2 is 1.83 bits per heavy atom. The second-order valence-corrected chi connectivity index (χ2v) is 6.29. The van der Waals surface area contributed by atoms with Crippen molar-refractivity contribution in [3.63, 3.8) is 0 Å². The highest BCUT2D eigenvalue weighted by molar-refractivity contribution is 5.69. The summed E-state index contributed by atoms with van der Waals surface area (Å²) in [4.78, 5) is 16.4. The van der Waals surface area contributed by atoms with Crippen molar-refractivity contribution in [2.75, 3.05) is 20.8 Å². The van der Waals surface area contributed by atoms with Gasteiger partial charge in [-0.3, -0.25) is 4.79 Å². The van der Waals surface area contributed by atoms with Crippen LogP contribution in [0.1, 0.15) is 24.8 Å². The number of hydrogen-bond acceptors (Lipinski definition) is 8. The first-order chi connectivity index (χ1) is 14.6. The Hall–Kier alpha value is -3.55. The van der Waals surface area contributed by atoms with Crippen LogP contribution in [0.15, 0.2) is 47.0 Å². The standard InChI is InChI=1S/C22H24N2O6/c1-4-28-17-8-6-5-7-16(17)22-23-20(30-24-22)14-29-21(25)12-10-15-9-11-18(26-2)19(13-15)27-3/h5-9,11,13H,4,10,12,14H2,1-3H3. The van der Waals surface area contributed by atoms with Crippen LogP contribution in [-0.4, -0.2) is 36.9 Å². The lowest BCUT2D eigenvalue weighted by Gasteiger charge is -2.09. The molecule has 1 aromatic heterocycles. The van der Waals surface area contributed by atoms with Crippen LogP contribution >= 0.6 is 0 Å². The van der Waals surface area contributed by atoms with Crippen LogP contribution in [0.5, 0.6) is 17.2 Å². The number of rotatable bonds is 10. The van der Waals surface area contributed by atoms with Crippen molar-refractivity contribution in [3.05, 3.63) is 53.9 Å². The lowest BCUT2D eigenvalue weighted by Crippen LogP contribution is -2.06. The highest BCUT2D eigenvalue weighted by atomic mass is 16.6. The second kappa shape index (κ2) is 10.3. The smallest absolute Gasteiger partial charge is 0.306 e. The van der Waals surface area contributed by atoms with Gasteiger partial charge in [-0.25, -0.2) is 0 Å². The van der Waals surface area contributed by atoms with Gasteiger partial charge in [0.15, 0.2) is 18.1 Å². The van der Waals surface area contributed by atoms with E-state index in [1.165, 1.54) is 0 Å². The van der Waals surface area contributed by atoms with E-state index in [1.807, 2.05) is 43.3 Å². The van der Waals surface area contributed by atoms with E-state index < -0.39 is 0 Å².